The van der Waals surface area contributed by atoms with Crippen LogP contribution in [0.15, 0.2) is 64.7 Å². The third kappa shape index (κ3) is 5.62. The van der Waals surface area contributed by atoms with Crippen molar-refractivity contribution in [3.63, 3.8) is 0 Å². The first kappa shape index (κ1) is 21.4. The third-order valence-corrected chi connectivity index (χ3v) is 7.24. The minimum atomic E-state index is -3.23. The first-order valence-electron chi connectivity index (χ1n) is 9.08. The van der Waals surface area contributed by atoms with E-state index in [2.05, 4.69) is 17.6 Å². The smallest absolute Gasteiger partial charge is 0.229 e. The zero-order valence-corrected chi connectivity index (χ0v) is 18.5. The third-order valence-electron chi connectivity index (χ3n) is 4.31. The monoisotopic (exact) mass is 446 g/mol. The Morgan fingerprint density at radius 1 is 1.21 bits per heavy atom. The van der Waals surface area contributed by atoms with Crippen LogP contribution in [0.25, 0.3) is 11.3 Å². The number of aryl methyl sites for hydroxylation is 1. The van der Waals surface area contributed by atoms with E-state index in [4.69, 9.17) is 0 Å². The molecule has 0 N–H and O–H groups in total. The van der Waals surface area contributed by atoms with Crippen LogP contribution in [-0.2, 0) is 21.1 Å². The molecule has 0 unspecified atom stereocenters. The van der Waals surface area contributed by atoms with E-state index < -0.39 is 9.84 Å². The maximum Gasteiger partial charge on any atom is 0.229 e. The highest BCUT2D eigenvalue weighted by Crippen LogP contribution is 2.29. The summed E-state index contributed by atoms with van der Waals surface area (Å²) in [6, 6.07) is 10.7. The summed E-state index contributed by atoms with van der Waals surface area (Å²) < 4.78 is 23.2. The van der Waals surface area contributed by atoms with Crippen LogP contribution in [0.4, 0.5) is 5.13 Å². The van der Waals surface area contributed by atoms with E-state index in [1.165, 1.54) is 22.5 Å². The first-order chi connectivity index (χ1) is 13.9. The van der Waals surface area contributed by atoms with Crippen LogP contribution in [0.1, 0.15) is 17.7 Å². The number of hydrogen-bond acceptors (Lipinski definition) is 6. The van der Waals surface area contributed by atoms with E-state index in [1.807, 2.05) is 16.8 Å². The predicted molar refractivity (Wildman–Crippen MR) is 120 cm³/mol. The van der Waals surface area contributed by atoms with Gasteiger partial charge in [0.25, 0.3) is 0 Å². The second-order valence-corrected chi connectivity index (χ2v) is 10.4. The number of amides is 1. The molecule has 2 aromatic heterocycles. The van der Waals surface area contributed by atoms with Gasteiger partial charge in [0.05, 0.1) is 10.6 Å². The molecule has 0 radical (unpaired) electrons. The van der Waals surface area contributed by atoms with Crippen LogP contribution in [0.3, 0.4) is 0 Å². The minimum absolute atomic E-state index is 0.0229. The van der Waals surface area contributed by atoms with Gasteiger partial charge in [0.1, 0.15) is 0 Å². The van der Waals surface area contributed by atoms with E-state index in [0.717, 1.165) is 18.4 Å². The lowest BCUT2D eigenvalue weighted by atomic mass is 10.2. The molecule has 8 heteroatoms. The van der Waals surface area contributed by atoms with Gasteiger partial charge < -0.3 is 0 Å². The van der Waals surface area contributed by atoms with Gasteiger partial charge in [-0.15, -0.1) is 29.3 Å². The number of nitrogens with zero attached hydrogens (tertiary/aromatic N) is 2. The van der Waals surface area contributed by atoms with Gasteiger partial charge in [0, 0.05) is 35.0 Å². The predicted octanol–water partition coefficient (Wildman–Crippen LogP) is 4.82. The molecule has 0 aliphatic carbocycles. The Bertz CT molecular complexity index is 1070. The quantitative estimate of drug-likeness (QED) is 0.442. The zero-order valence-electron chi connectivity index (χ0n) is 16.1. The molecule has 152 valence electrons. The second-order valence-electron chi connectivity index (χ2n) is 6.54. The maximum atomic E-state index is 12.7. The molecular formula is C21H22N2O3S3. The normalized spacial score (nSPS) is 11.3. The van der Waals surface area contributed by atoms with Gasteiger partial charge in [-0.25, -0.2) is 13.4 Å². The van der Waals surface area contributed by atoms with Gasteiger partial charge in [0.15, 0.2) is 15.0 Å². The highest BCUT2D eigenvalue weighted by atomic mass is 32.2. The molecule has 0 bridgehead atoms. The van der Waals surface area contributed by atoms with Gasteiger partial charge in [-0.1, -0.05) is 24.3 Å². The number of carbonyl (C=O) groups excluding carboxylic acids is 1. The van der Waals surface area contributed by atoms with Crippen molar-refractivity contribution in [1.29, 1.82) is 0 Å². The lowest BCUT2D eigenvalue weighted by Crippen LogP contribution is -2.30. The Hall–Kier alpha value is -2.29. The average Bonchev–Trinajstić information content (AvgIpc) is 3.37. The van der Waals surface area contributed by atoms with Gasteiger partial charge in [-0.05, 0) is 36.4 Å². The van der Waals surface area contributed by atoms with E-state index in [9.17, 15) is 13.2 Å². The van der Waals surface area contributed by atoms with Crippen LogP contribution in [0.2, 0.25) is 0 Å². The Morgan fingerprint density at radius 3 is 2.59 bits per heavy atom. The van der Waals surface area contributed by atoms with Crippen LogP contribution in [0.5, 0.6) is 0 Å². The Morgan fingerprint density at radius 2 is 1.97 bits per heavy atom. The van der Waals surface area contributed by atoms with Gasteiger partial charge in [-0.2, -0.15) is 0 Å². The average molecular weight is 447 g/mol. The molecule has 0 spiro atoms. The lowest BCUT2D eigenvalue weighted by Gasteiger charge is -2.17. The van der Waals surface area contributed by atoms with Crippen molar-refractivity contribution in [1.82, 2.24) is 4.98 Å². The van der Waals surface area contributed by atoms with E-state index in [0.29, 0.717) is 23.8 Å². The Labute approximate surface area is 179 Å². The summed E-state index contributed by atoms with van der Waals surface area (Å²) in [5.74, 6) is 0.0229. The molecule has 2 heterocycles. The molecule has 0 fully saturated rings. The molecule has 3 rings (SSSR count). The minimum Gasteiger partial charge on any atom is -0.284 e. The Balaban J connectivity index is 1.70. The SMILES string of the molecule is C=CCN(C(=O)CCCc1cccs1)c1nc(-c2ccc(S(C)(=O)=O)cc2)cs1. The highest BCUT2D eigenvalue weighted by molar-refractivity contribution is 7.90. The van der Waals surface area contributed by atoms with Crippen molar-refractivity contribution in [2.75, 3.05) is 17.7 Å². The molecular weight excluding hydrogens is 424 g/mol. The van der Waals surface area contributed by atoms with Crippen molar-refractivity contribution in [3.8, 4) is 11.3 Å². The summed E-state index contributed by atoms with van der Waals surface area (Å²) in [6.45, 7) is 4.16. The van der Waals surface area contributed by atoms with E-state index in [1.54, 1.807) is 46.6 Å². The molecule has 0 aliphatic rings. The fourth-order valence-electron chi connectivity index (χ4n) is 2.81. The van der Waals surface area contributed by atoms with Crippen molar-refractivity contribution < 1.29 is 13.2 Å². The highest BCUT2D eigenvalue weighted by Gasteiger charge is 2.18. The van der Waals surface area contributed by atoms with Crippen LogP contribution in [-0.4, -0.2) is 32.1 Å². The molecule has 5 nitrogen and oxygen atoms in total. The number of rotatable bonds is 9. The molecule has 0 atom stereocenters. The topological polar surface area (TPSA) is 67.3 Å². The summed E-state index contributed by atoms with van der Waals surface area (Å²) in [5, 5.41) is 4.54. The van der Waals surface area contributed by atoms with E-state index in [-0.39, 0.29) is 10.8 Å². The summed E-state index contributed by atoms with van der Waals surface area (Å²) >= 11 is 3.10. The van der Waals surface area contributed by atoms with Gasteiger partial charge in [0.2, 0.25) is 5.91 Å². The maximum absolute atomic E-state index is 12.7. The summed E-state index contributed by atoms with van der Waals surface area (Å²) in [6.07, 6.45) is 5.00. The van der Waals surface area contributed by atoms with Crippen molar-refractivity contribution in [2.45, 2.75) is 24.2 Å². The fraction of sp³-hybridized carbons (Fsp3) is 0.238. The summed E-state index contributed by atoms with van der Waals surface area (Å²) in [5.41, 5.74) is 1.52. The number of thiazole rings is 1. The molecule has 0 saturated heterocycles. The number of anilines is 1. The number of sulfone groups is 1. The summed E-state index contributed by atoms with van der Waals surface area (Å²) in [7, 11) is -3.23. The van der Waals surface area contributed by atoms with Crippen molar-refractivity contribution in [3.05, 3.63) is 64.7 Å². The molecule has 0 saturated carbocycles. The molecule has 1 amide bonds. The van der Waals surface area contributed by atoms with Crippen molar-refractivity contribution in [2.24, 2.45) is 0 Å². The zero-order chi connectivity index (χ0) is 20.9. The van der Waals surface area contributed by atoms with Gasteiger partial charge >= 0.3 is 0 Å². The molecule has 29 heavy (non-hydrogen) atoms. The van der Waals surface area contributed by atoms with Crippen LogP contribution in [0, 0.1) is 0 Å². The van der Waals surface area contributed by atoms with Crippen LogP contribution >= 0.6 is 22.7 Å². The first-order valence-corrected chi connectivity index (χ1v) is 12.7. The number of hydrogen-bond donors (Lipinski definition) is 0. The lowest BCUT2D eigenvalue weighted by molar-refractivity contribution is -0.118. The van der Waals surface area contributed by atoms with Crippen LogP contribution < -0.4 is 4.90 Å². The number of carbonyl (C=O) groups is 1. The van der Waals surface area contributed by atoms with E-state index >= 15 is 0 Å². The molecule has 1 aromatic carbocycles. The Kier molecular flexibility index (Phi) is 7.00. The number of thiophene rings is 1. The molecule has 3 aromatic rings. The fourth-order valence-corrected chi connectivity index (χ4v) is 5.06. The largest absolute Gasteiger partial charge is 0.284 e. The summed E-state index contributed by atoms with van der Waals surface area (Å²) in [4.78, 5) is 20.5. The van der Waals surface area contributed by atoms with Crippen molar-refractivity contribution >= 4 is 43.5 Å². The number of benzene rings is 1. The molecule has 0 aliphatic heterocycles. The number of aromatic nitrogens is 1. The standard InChI is InChI=1S/C21H22N2O3S3/c1-3-13-23(20(24)8-4-6-17-7-5-14-27-17)21-22-19(15-28-21)16-9-11-18(12-10-16)29(2,25)26/h3,5,7,9-12,14-15H,1,4,6,8,13H2,2H3. The second kappa shape index (κ2) is 9.47. The van der Waals surface area contributed by atoms with Gasteiger partial charge in [-0.3, -0.25) is 9.69 Å².